The summed E-state index contributed by atoms with van der Waals surface area (Å²) in [6.45, 7) is 1.22. The van der Waals surface area contributed by atoms with Gasteiger partial charge in [0.05, 0.1) is 5.92 Å². The van der Waals surface area contributed by atoms with Gasteiger partial charge in [0.25, 0.3) is 0 Å². The highest BCUT2D eigenvalue weighted by Gasteiger charge is 2.33. The van der Waals surface area contributed by atoms with E-state index in [9.17, 15) is 31.1 Å². The van der Waals surface area contributed by atoms with E-state index in [1.807, 2.05) is 0 Å². The minimum Gasteiger partial charge on any atom is -0.406 e. The van der Waals surface area contributed by atoms with Gasteiger partial charge in [-0.05, 0) is 36.2 Å². The second-order valence-electron chi connectivity index (χ2n) is 5.14. The largest absolute Gasteiger partial charge is 0.573 e. The average molecular weight is 363 g/mol. The van der Waals surface area contributed by atoms with Crippen LogP contribution in [0.2, 0.25) is 0 Å². The minimum atomic E-state index is -4.85. The number of Topliss-reactive ketones (excluding diaryl/α,β-unsaturated/α-hetero) is 1. The summed E-state index contributed by atoms with van der Waals surface area (Å²) >= 11 is 0. The maximum Gasteiger partial charge on any atom is 0.573 e. The average Bonchev–Trinajstić information content (AvgIpc) is 2.47. The molecule has 9 heteroatoms. The summed E-state index contributed by atoms with van der Waals surface area (Å²) in [6, 6.07) is 6.39. The van der Waals surface area contributed by atoms with Gasteiger partial charge in [0.15, 0.2) is 0 Å². The molecule has 3 nitrogen and oxygen atoms in total. The normalized spacial score (nSPS) is 13.4. The third kappa shape index (κ3) is 4.94. The number of carbonyl (C=O) groups is 1. The van der Waals surface area contributed by atoms with Crippen molar-refractivity contribution in [2.45, 2.75) is 25.4 Å². The molecule has 2 aromatic rings. The Morgan fingerprint density at radius 3 is 1.92 bits per heavy atom. The lowest BCUT2D eigenvalue weighted by Gasteiger charge is -2.16. The molecule has 0 radical (unpaired) electrons. The second kappa shape index (κ2) is 6.73. The van der Waals surface area contributed by atoms with E-state index in [1.165, 1.54) is 19.1 Å². The quantitative estimate of drug-likeness (QED) is 0.738. The van der Waals surface area contributed by atoms with E-state index in [-0.39, 0.29) is 5.56 Å². The first-order chi connectivity index (χ1) is 11.5. The van der Waals surface area contributed by atoms with E-state index in [4.69, 9.17) is 0 Å². The summed E-state index contributed by atoms with van der Waals surface area (Å²) in [6.07, 6.45) is -8.53. The zero-order valence-corrected chi connectivity index (χ0v) is 12.7. The van der Waals surface area contributed by atoms with E-state index in [0.29, 0.717) is 5.56 Å². The molecule has 0 N–H and O–H groups in total. The van der Waals surface area contributed by atoms with Crippen LogP contribution in [0, 0.1) is 0 Å². The molecule has 0 saturated heterocycles. The predicted molar refractivity (Wildman–Crippen MR) is 74.9 cm³/mol. The lowest BCUT2D eigenvalue weighted by Crippen LogP contribution is -2.17. The molecule has 25 heavy (non-hydrogen) atoms. The number of halogens is 6. The van der Waals surface area contributed by atoms with Crippen molar-refractivity contribution in [3.63, 3.8) is 0 Å². The summed E-state index contributed by atoms with van der Waals surface area (Å²) in [5, 5.41) is 0. The lowest BCUT2D eigenvalue weighted by molar-refractivity contribution is -0.274. The van der Waals surface area contributed by atoms with Crippen LogP contribution in [0.15, 0.2) is 42.6 Å². The van der Waals surface area contributed by atoms with Gasteiger partial charge in [0.2, 0.25) is 0 Å². The monoisotopic (exact) mass is 363 g/mol. The molecule has 2 rings (SSSR count). The van der Waals surface area contributed by atoms with E-state index in [0.717, 1.165) is 30.5 Å². The molecule has 1 aromatic carbocycles. The highest BCUT2D eigenvalue weighted by molar-refractivity contribution is 5.86. The predicted octanol–water partition coefficient (Wildman–Crippen LogP) is 4.72. The Morgan fingerprint density at radius 1 is 0.960 bits per heavy atom. The maximum atomic E-state index is 12.5. The van der Waals surface area contributed by atoms with Crippen LogP contribution in [0.5, 0.6) is 5.75 Å². The summed E-state index contributed by atoms with van der Waals surface area (Å²) in [7, 11) is 0. The first-order valence-corrected chi connectivity index (χ1v) is 6.86. The van der Waals surface area contributed by atoms with Crippen LogP contribution in [0.3, 0.4) is 0 Å². The van der Waals surface area contributed by atoms with Crippen molar-refractivity contribution in [1.82, 2.24) is 4.98 Å². The van der Waals surface area contributed by atoms with Gasteiger partial charge in [0.1, 0.15) is 17.2 Å². The Balaban J connectivity index is 2.31. The zero-order valence-electron chi connectivity index (χ0n) is 12.7. The second-order valence-corrected chi connectivity index (χ2v) is 5.14. The third-order valence-electron chi connectivity index (χ3n) is 3.26. The molecule has 1 aromatic heterocycles. The smallest absolute Gasteiger partial charge is 0.406 e. The van der Waals surface area contributed by atoms with E-state index < -0.39 is 35.7 Å². The Morgan fingerprint density at radius 2 is 1.52 bits per heavy atom. The molecule has 0 spiro atoms. The molecule has 0 amide bonds. The van der Waals surface area contributed by atoms with Crippen molar-refractivity contribution in [1.29, 1.82) is 0 Å². The van der Waals surface area contributed by atoms with Gasteiger partial charge >= 0.3 is 12.5 Å². The van der Waals surface area contributed by atoms with Gasteiger partial charge in [-0.3, -0.25) is 9.78 Å². The van der Waals surface area contributed by atoms with Crippen molar-refractivity contribution in [2.75, 3.05) is 0 Å². The van der Waals surface area contributed by atoms with Crippen LogP contribution >= 0.6 is 0 Å². The number of alkyl halides is 6. The van der Waals surface area contributed by atoms with E-state index in [1.54, 1.807) is 0 Å². The Bertz CT molecular complexity index is 735. The maximum absolute atomic E-state index is 12.5. The molecule has 1 atom stereocenters. The summed E-state index contributed by atoms with van der Waals surface area (Å²) in [4.78, 5) is 15.2. The number of nitrogens with zero attached hydrogens (tertiary/aromatic N) is 1. The van der Waals surface area contributed by atoms with Gasteiger partial charge in [-0.2, -0.15) is 13.2 Å². The van der Waals surface area contributed by atoms with Crippen LogP contribution in [0.25, 0.3) is 0 Å². The number of rotatable bonds is 4. The van der Waals surface area contributed by atoms with E-state index >= 15 is 0 Å². The Hall–Kier alpha value is -2.58. The van der Waals surface area contributed by atoms with Gasteiger partial charge in [0, 0.05) is 6.20 Å². The number of aromatic nitrogens is 1. The Labute approximate surface area is 138 Å². The molecule has 0 fully saturated rings. The van der Waals surface area contributed by atoms with Gasteiger partial charge in [-0.15, -0.1) is 13.2 Å². The number of ether oxygens (including phenoxy) is 1. The highest BCUT2D eigenvalue weighted by Crippen LogP contribution is 2.31. The standard InChI is InChI=1S/C16H11F6NO2/c1-9(24)14(11-4-7-13(23-8-11)15(17,18)19)10-2-5-12(6-3-10)25-16(20,21)22/h2-8,14H,1H3. The topological polar surface area (TPSA) is 39.2 Å². The first-order valence-electron chi connectivity index (χ1n) is 6.86. The molecule has 0 aliphatic carbocycles. The zero-order chi connectivity index (χ0) is 18.8. The van der Waals surface area contributed by atoms with Crippen LogP contribution < -0.4 is 4.74 Å². The van der Waals surface area contributed by atoms with Gasteiger partial charge in [-0.1, -0.05) is 18.2 Å². The molecule has 134 valence electrons. The van der Waals surface area contributed by atoms with Crippen LogP contribution in [-0.4, -0.2) is 17.1 Å². The number of hydrogen-bond acceptors (Lipinski definition) is 3. The van der Waals surface area contributed by atoms with Gasteiger partial charge in [-0.25, -0.2) is 0 Å². The van der Waals surface area contributed by atoms with Crippen LogP contribution in [-0.2, 0) is 11.0 Å². The lowest BCUT2D eigenvalue weighted by atomic mass is 9.89. The fourth-order valence-electron chi connectivity index (χ4n) is 2.27. The molecule has 1 unspecified atom stereocenters. The molecule has 0 aliphatic heterocycles. The number of hydrogen-bond donors (Lipinski definition) is 0. The molecule has 0 saturated carbocycles. The van der Waals surface area contributed by atoms with Crippen molar-refractivity contribution < 1.29 is 35.9 Å². The molecule has 0 bridgehead atoms. The molecular formula is C16H11F6NO2. The first kappa shape index (κ1) is 18.8. The van der Waals surface area contributed by atoms with Crippen molar-refractivity contribution in [3.8, 4) is 5.75 Å². The Kier molecular flexibility index (Phi) is 5.05. The van der Waals surface area contributed by atoms with Crippen LogP contribution in [0.1, 0.15) is 29.7 Å². The molecule has 1 heterocycles. The SMILES string of the molecule is CC(=O)C(c1ccc(OC(F)(F)F)cc1)c1ccc(C(F)(F)F)nc1. The number of carbonyl (C=O) groups excluding carboxylic acids is 1. The summed E-state index contributed by atoms with van der Waals surface area (Å²) in [5.74, 6) is -1.81. The summed E-state index contributed by atoms with van der Waals surface area (Å²) < 4.78 is 77.8. The summed E-state index contributed by atoms with van der Waals surface area (Å²) in [5.41, 5.74) is -0.596. The minimum absolute atomic E-state index is 0.199. The number of ketones is 1. The van der Waals surface area contributed by atoms with Crippen LogP contribution in [0.4, 0.5) is 26.3 Å². The highest BCUT2D eigenvalue weighted by atomic mass is 19.4. The van der Waals surface area contributed by atoms with Crippen molar-refractivity contribution in [3.05, 3.63) is 59.4 Å². The van der Waals surface area contributed by atoms with Crippen molar-refractivity contribution >= 4 is 5.78 Å². The number of benzene rings is 1. The van der Waals surface area contributed by atoms with Gasteiger partial charge < -0.3 is 4.74 Å². The molecular weight excluding hydrogens is 352 g/mol. The number of pyridine rings is 1. The fourth-order valence-corrected chi connectivity index (χ4v) is 2.27. The van der Waals surface area contributed by atoms with Crippen molar-refractivity contribution in [2.24, 2.45) is 0 Å². The third-order valence-corrected chi connectivity index (χ3v) is 3.26. The molecule has 0 aliphatic rings. The van der Waals surface area contributed by atoms with E-state index in [2.05, 4.69) is 9.72 Å². The fraction of sp³-hybridized carbons (Fsp3) is 0.250.